The van der Waals surface area contributed by atoms with Crippen LogP contribution < -0.4 is 10.5 Å². The number of hydrogen-bond acceptors (Lipinski definition) is 3. The molecule has 0 atom stereocenters. The average Bonchev–Trinajstić information content (AvgIpc) is 2.32. The highest BCUT2D eigenvalue weighted by Gasteiger charge is 2.36. The van der Waals surface area contributed by atoms with Crippen molar-refractivity contribution in [2.75, 3.05) is 19.8 Å². The Morgan fingerprint density at radius 3 is 2.47 bits per heavy atom. The van der Waals surface area contributed by atoms with Crippen molar-refractivity contribution in [2.45, 2.75) is 31.3 Å². The highest BCUT2D eigenvalue weighted by atomic mass is 16.5. The van der Waals surface area contributed by atoms with Gasteiger partial charge < -0.3 is 15.2 Å². The van der Waals surface area contributed by atoms with E-state index >= 15 is 0 Å². The molecule has 0 aromatic heterocycles. The molecule has 0 heterocycles. The standard InChI is InChI=1S/C14H21NO2/c15-10-9-14(7-4-8-14)17-12-11-16-13-5-2-1-3-6-13/h1-3,5-6H,4,7-12,15H2. The second-order valence-electron chi connectivity index (χ2n) is 4.59. The lowest BCUT2D eigenvalue weighted by Gasteiger charge is -2.41. The van der Waals surface area contributed by atoms with E-state index in [0.717, 1.165) is 25.0 Å². The highest BCUT2D eigenvalue weighted by molar-refractivity contribution is 5.20. The molecule has 3 nitrogen and oxygen atoms in total. The Morgan fingerprint density at radius 1 is 1.12 bits per heavy atom. The highest BCUT2D eigenvalue weighted by Crippen LogP contribution is 2.38. The zero-order valence-corrected chi connectivity index (χ0v) is 10.2. The minimum atomic E-state index is 0.0643. The molecule has 0 bridgehead atoms. The molecule has 0 radical (unpaired) electrons. The van der Waals surface area contributed by atoms with E-state index < -0.39 is 0 Å². The minimum absolute atomic E-state index is 0.0643. The number of hydrogen-bond donors (Lipinski definition) is 1. The van der Waals surface area contributed by atoms with E-state index in [1.807, 2.05) is 30.3 Å². The van der Waals surface area contributed by atoms with Crippen LogP contribution in [-0.2, 0) is 4.74 Å². The van der Waals surface area contributed by atoms with Crippen LogP contribution in [0.1, 0.15) is 25.7 Å². The quantitative estimate of drug-likeness (QED) is 0.738. The van der Waals surface area contributed by atoms with Gasteiger partial charge in [-0.05, 0) is 44.4 Å². The van der Waals surface area contributed by atoms with Crippen LogP contribution in [0.25, 0.3) is 0 Å². The van der Waals surface area contributed by atoms with Gasteiger partial charge in [-0.1, -0.05) is 18.2 Å². The zero-order chi connectivity index (χ0) is 12.0. The largest absolute Gasteiger partial charge is 0.491 e. The van der Waals surface area contributed by atoms with Gasteiger partial charge in [0.15, 0.2) is 0 Å². The van der Waals surface area contributed by atoms with Crippen LogP contribution in [0.15, 0.2) is 30.3 Å². The number of para-hydroxylation sites is 1. The lowest BCUT2D eigenvalue weighted by atomic mass is 9.77. The lowest BCUT2D eigenvalue weighted by molar-refractivity contribution is -0.109. The van der Waals surface area contributed by atoms with Gasteiger partial charge in [-0.15, -0.1) is 0 Å². The summed E-state index contributed by atoms with van der Waals surface area (Å²) in [6.45, 7) is 1.96. The van der Waals surface area contributed by atoms with Gasteiger partial charge in [-0.25, -0.2) is 0 Å². The molecular weight excluding hydrogens is 214 g/mol. The predicted molar refractivity (Wildman–Crippen MR) is 68.1 cm³/mol. The van der Waals surface area contributed by atoms with Gasteiger partial charge in [0.25, 0.3) is 0 Å². The summed E-state index contributed by atoms with van der Waals surface area (Å²) >= 11 is 0. The van der Waals surface area contributed by atoms with Crippen LogP contribution in [0.5, 0.6) is 5.75 Å². The summed E-state index contributed by atoms with van der Waals surface area (Å²) in [5, 5.41) is 0. The van der Waals surface area contributed by atoms with Gasteiger partial charge >= 0.3 is 0 Å². The Morgan fingerprint density at radius 2 is 1.88 bits per heavy atom. The van der Waals surface area contributed by atoms with E-state index in [1.165, 1.54) is 6.42 Å². The Bertz CT molecular complexity index is 322. The molecule has 94 valence electrons. The van der Waals surface area contributed by atoms with Gasteiger partial charge in [-0.3, -0.25) is 0 Å². The molecule has 1 fully saturated rings. The summed E-state index contributed by atoms with van der Waals surface area (Å²) in [5.41, 5.74) is 5.67. The van der Waals surface area contributed by atoms with E-state index in [2.05, 4.69) is 0 Å². The van der Waals surface area contributed by atoms with Gasteiger partial charge in [-0.2, -0.15) is 0 Å². The van der Waals surface area contributed by atoms with Crippen molar-refractivity contribution in [3.63, 3.8) is 0 Å². The first-order chi connectivity index (χ1) is 8.35. The fourth-order valence-corrected chi connectivity index (χ4v) is 2.24. The summed E-state index contributed by atoms with van der Waals surface area (Å²) in [4.78, 5) is 0. The Kier molecular flexibility index (Phi) is 4.40. The Balaban J connectivity index is 1.66. The first-order valence-corrected chi connectivity index (χ1v) is 6.37. The Hall–Kier alpha value is -1.06. The van der Waals surface area contributed by atoms with Crippen LogP contribution in [0.3, 0.4) is 0 Å². The molecule has 3 heteroatoms. The third-order valence-corrected chi connectivity index (χ3v) is 3.37. The van der Waals surface area contributed by atoms with Crippen molar-refractivity contribution < 1.29 is 9.47 Å². The third kappa shape index (κ3) is 3.45. The molecule has 0 unspecified atom stereocenters. The summed E-state index contributed by atoms with van der Waals surface area (Å²) in [5.74, 6) is 0.901. The van der Waals surface area contributed by atoms with Crippen molar-refractivity contribution >= 4 is 0 Å². The second kappa shape index (κ2) is 6.03. The number of nitrogens with two attached hydrogens (primary N) is 1. The molecule has 0 saturated heterocycles. The molecule has 1 saturated carbocycles. The van der Waals surface area contributed by atoms with E-state index in [-0.39, 0.29) is 5.60 Å². The van der Waals surface area contributed by atoms with E-state index in [1.54, 1.807) is 0 Å². The van der Waals surface area contributed by atoms with Crippen LogP contribution in [0, 0.1) is 0 Å². The Labute approximate surface area is 103 Å². The van der Waals surface area contributed by atoms with E-state index in [9.17, 15) is 0 Å². The number of rotatable bonds is 7. The maximum absolute atomic E-state index is 5.92. The lowest BCUT2D eigenvalue weighted by Crippen LogP contribution is -2.42. The molecule has 0 aliphatic heterocycles. The topological polar surface area (TPSA) is 44.5 Å². The maximum Gasteiger partial charge on any atom is 0.119 e. The zero-order valence-electron chi connectivity index (χ0n) is 10.2. The smallest absolute Gasteiger partial charge is 0.119 e. The summed E-state index contributed by atoms with van der Waals surface area (Å²) in [6, 6.07) is 9.84. The fraction of sp³-hybridized carbons (Fsp3) is 0.571. The first-order valence-electron chi connectivity index (χ1n) is 6.37. The van der Waals surface area contributed by atoms with E-state index in [0.29, 0.717) is 19.8 Å². The average molecular weight is 235 g/mol. The van der Waals surface area contributed by atoms with Crippen molar-refractivity contribution in [2.24, 2.45) is 5.73 Å². The van der Waals surface area contributed by atoms with E-state index in [4.69, 9.17) is 15.2 Å². The fourth-order valence-electron chi connectivity index (χ4n) is 2.24. The maximum atomic E-state index is 5.92. The molecule has 1 aliphatic rings. The van der Waals surface area contributed by atoms with Crippen LogP contribution in [0.4, 0.5) is 0 Å². The van der Waals surface area contributed by atoms with Gasteiger partial charge in [0.05, 0.1) is 12.2 Å². The molecule has 1 aliphatic carbocycles. The van der Waals surface area contributed by atoms with Crippen LogP contribution in [-0.4, -0.2) is 25.4 Å². The number of ether oxygens (including phenoxy) is 2. The molecule has 17 heavy (non-hydrogen) atoms. The van der Waals surface area contributed by atoms with Crippen LogP contribution >= 0.6 is 0 Å². The van der Waals surface area contributed by atoms with Crippen LogP contribution in [0.2, 0.25) is 0 Å². The van der Waals surface area contributed by atoms with Gasteiger partial charge in [0, 0.05) is 0 Å². The molecule has 0 spiro atoms. The molecular formula is C14H21NO2. The predicted octanol–water partition coefficient (Wildman–Crippen LogP) is 2.35. The molecule has 1 aromatic carbocycles. The van der Waals surface area contributed by atoms with Crippen molar-refractivity contribution in [1.82, 2.24) is 0 Å². The van der Waals surface area contributed by atoms with Crippen molar-refractivity contribution in [1.29, 1.82) is 0 Å². The first kappa shape index (κ1) is 12.4. The SMILES string of the molecule is NCCC1(OCCOc2ccccc2)CCC1. The summed E-state index contributed by atoms with van der Waals surface area (Å²) in [7, 11) is 0. The minimum Gasteiger partial charge on any atom is -0.491 e. The molecule has 2 rings (SSSR count). The number of benzene rings is 1. The van der Waals surface area contributed by atoms with Crippen molar-refractivity contribution in [3.05, 3.63) is 30.3 Å². The second-order valence-corrected chi connectivity index (χ2v) is 4.59. The molecule has 1 aromatic rings. The molecule has 2 N–H and O–H groups in total. The molecule has 0 amide bonds. The van der Waals surface area contributed by atoms with Gasteiger partial charge in [0.1, 0.15) is 12.4 Å². The summed E-state index contributed by atoms with van der Waals surface area (Å²) < 4.78 is 11.5. The normalized spacial score (nSPS) is 17.5. The summed E-state index contributed by atoms with van der Waals surface area (Å²) in [6.07, 6.45) is 4.53. The third-order valence-electron chi connectivity index (χ3n) is 3.37. The van der Waals surface area contributed by atoms with Crippen molar-refractivity contribution in [3.8, 4) is 5.75 Å². The monoisotopic (exact) mass is 235 g/mol. The van der Waals surface area contributed by atoms with Gasteiger partial charge in [0.2, 0.25) is 0 Å².